The lowest BCUT2D eigenvalue weighted by Crippen LogP contribution is -2.71. The Morgan fingerprint density at radius 1 is 0.921 bits per heavy atom. The molecular weight excluding hydrogens is 490 g/mol. The first-order chi connectivity index (χ1) is 17.8. The van der Waals surface area contributed by atoms with E-state index in [2.05, 4.69) is 0 Å². The van der Waals surface area contributed by atoms with E-state index in [-0.39, 0.29) is 13.0 Å². The highest BCUT2D eigenvalue weighted by molar-refractivity contribution is 5.93. The molecule has 0 heterocycles. The van der Waals surface area contributed by atoms with E-state index in [1.165, 1.54) is 13.8 Å². The maximum absolute atomic E-state index is 13.1. The molecule has 0 aliphatic rings. The molecule has 3 unspecified atom stereocenters. The minimum Gasteiger partial charge on any atom is -0.448 e. The molecule has 38 heavy (non-hydrogen) atoms. The second-order valence-electron chi connectivity index (χ2n) is 10.4. The van der Waals surface area contributed by atoms with Gasteiger partial charge in [0, 0.05) is 5.41 Å². The number of nitrogens with zero attached hydrogens (tertiary/aromatic N) is 1. The van der Waals surface area contributed by atoms with Crippen LogP contribution in [0.1, 0.15) is 44.7 Å². The Labute approximate surface area is 223 Å². The van der Waals surface area contributed by atoms with Crippen molar-refractivity contribution in [2.24, 2.45) is 17.0 Å². The zero-order valence-electron chi connectivity index (χ0n) is 22.3. The quantitative estimate of drug-likeness (QED) is 0.0688. The van der Waals surface area contributed by atoms with E-state index in [0.717, 1.165) is 25.3 Å². The van der Waals surface area contributed by atoms with Gasteiger partial charge in [-0.1, -0.05) is 74.5 Å². The normalized spacial score (nSPS) is 15.3. The first-order valence-corrected chi connectivity index (χ1v) is 12.6. The van der Waals surface area contributed by atoms with E-state index in [1.54, 1.807) is 30.3 Å². The second kappa shape index (κ2) is 13.3. The summed E-state index contributed by atoms with van der Waals surface area (Å²) in [5, 5.41) is 43.3. The summed E-state index contributed by atoms with van der Waals surface area (Å²) in [7, 11) is 0. The van der Waals surface area contributed by atoms with Gasteiger partial charge < -0.3 is 30.9 Å². The van der Waals surface area contributed by atoms with Gasteiger partial charge in [0.1, 0.15) is 17.7 Å². The lowest BCUT2D eigenvalue weighted by Gasteiger charge is -2.44. The average Bonchev–Trinajstić information content (AvgIpc) is 2.91. The third-order valence-electron chi connectivity index (χ3n) is 7.17. The minimum absolute atomic E-state index is 0.0473. The van der Waals surface area contributed by atoms with Crippen LogP contribution in [0.5, 0.6) is 0 Å². The van der Waals surface area contributed by atoms with Crippen LogP contribution in [0.15, 0.2) is 60.7 Å². The number of aliphatic hydroxyl groups is 4. The summed E-state index contributed by atoms with van der Waals surface area (Å²) in [6.07, 6.45) is 0.908. The zero-order valence-corrected chi connectivity index (χ0v) is 22.3. The van der Waals surface area contributed by atoms with Crippen LogP contribution < -0.4 is 11.6 Å². The Morgan fingerprint density at radius 3 is 1.97 bits per heavy atom. The van der Waals surface area contributed by atoms with Crippen molar-refractivity contribution >= 4 is 11.9 Å². The molecule has 10 heteroatoms. The largest absolute Gasteiger partial charge is 0.448 e. The third-order valence-corrected chi connectivity index (χ3v) is 7.17. The lowest BCUT2D eigenvalue weighted by molar-refractivity contribution is -0.222. The molecule has 3 atom stereocenters. The van der Waals surface area contributed by atoms with Gasteiger partial charge in [0.25, 0.3) is 0 Å². The predicted octanol–water partition coefficient (Wildman–Crippen LogP) is 1.28. The van der Waals surface area contributed by atoms with Gasteiger partial charge in [0.2, 0.25) is 5.79 Å². The Kier molecular flexibility index (Phi) is 11.0. The predicted molar refractivity (Wildman–Crippen MR) is 142 cm³/mol. The van der Waals surface area contributed by atoms with Gasteiger partial charge in [0.15, 0.2) is 5.78 Å². The van der Waals surface area contributed by atoms with E-state index in [0.29, 0.717) is 17.0 Å². The van der Waals surface area contributed by atoms with Crippen LogP contribution in [0.3, 0.4) is 0 Å². The van der Waals surface area contributed by atoms with E-state index in [1.807, 2.05) is 30.3 Å². The number of carbonyl (C=O) groups is 2. The van der Waals surface area contributed by atoms with Crippen molar-refractivity contribution in [1.29, 1.82) is 0 Å². The van der Waals surface area contributed by atoms with Crippen molar-refractivity contribution in [2.75, 3.05) is 13.2 Å². The highest BCUT2D eigenvalue weighted by Crippen LogP contribution is 2.34. The molecule has 10 nitrogen and oxygen atoms in total. The van der Waals surface area contributed by atoms with Crippen LogP contribution in [-0.2, 0) is 22.4 Å². The smallest absolute Gasteiger partial charge is 0.424 e. The Morgan fingerprint density at radius 2 is 1.45 bits per heavy atom. The Hall–Kier alpha value is -2.86. The molecule has 2 aromatic carbocycles. The Bertz CT molecular complexity index is 1030. The molecule has 0 aliphatic carbocycles. The summed E-state index contributed by atoms with van der Waals surface area (Å²) in [4.78, 5) is 25.9. The fourth-order valence-electron chi connectivity index (χ4n) is 3.92. The summed E-state index contributed by atoms with van der Waals surface area (Å²) in [6, 6.07) is 14.7. The number of nitrogens with two attached hydrogens (primary N) is 2. The van der Waals surface area contributed by atoms with E-state index in [4.69, 9.17) is 16.3 Å². The van der Waals surface area contributed by atoms with Crippen LogP contribution in [0.25, 0.3) is 0 Å². The van der Waals surface area contributed by atoms with E-state index < -0.39 is 47.4 Å². The summed E-state index contributed by atoms with van der Waals surface area (Å²) in [5.74, 6) is 1.83. The number of amides is 1. The molecule has 0 radical (unpaired) electrons. The lowest BCUT2D eigenvalue weighted by atomic mass is 9.71. The maximum Gasteiger partial charge on any atom is 0.424 e. The van der Waals surface area contributed by atoms with Crippen LogP contribution in [0.4, 0.5) is 4.79 Å². The van der Waals surface area contributed by atoms with Crippen LogP contribution in [0, 0.1) is 5.41 Å². The van der Waals surface area contributed by atoms with Crippen LogP contribution >= 0.6 is 0 Å². The minimum atomic E-state index is -3.07. The molecule has 2 rings (SSSR count). The molecule has 0 aliphatic heterocycles. The monoisotopic (exact) mass is 531 g/mol. The summed E-state index contributed by atoms with van der Waals surface area (Å²) in [6.45, 7) is 3.47. The van der Waals surface area contributed by atoms with E-state index >= 15 is 0 Å². The van der Waals surface area contributed by atoms with Gasteiger partial charge in [-0.3, -0.25) is 4.79 Å². The molecule has 0 spiro atoms. The van der Waals surface area contributed by atoms with Gasteiger partial charge >= 0.3 is 6.09 Å². The first kappa shape index (κ1) is 31.4. The number of rotatable bonds is 14. The van der Waals surface area contributed by atoms with Crippen molar-refractivity contribution in [2.45, 2.75) is 69.9 Å². The number of Topliss-reactive ketones (excluding diaryl/α,β-unsaturated/α-hetero) is 1. The number of hydrazine groups is 1. The standard InChI is InChI=1S/C28H41N3O7/c1-26(2,19-32)27(3,35)24(33)23(29)28(36,37)22(18-21-15-8-5-9-16-21)31(30)25(34)38-17-11-10-14-20-12-6-4-7-13-20/h4-9,12-13,15-16,22-23,32,35-37H,10-11,14,17-19,29-30H2,1-3H3. The zero-order chi connectivity index (χ0) is 28.6. The molecule has 210 valence electrons. The summed E-state index contributed by atoms with van der Waals surface area (Å²) >= 11 is 0. The molecule has 2 aromatic rings. The molecule has 1 amide bonds. The van der Waals surface area contributed by atoms with Crippen LogP contribution in [0.2, 0.25) is 0 Å². The Balaban J connectivity index is 2.17. The maximum atomic E-state index is 13.1. The highest BCUT2D eigenvalue weighted by atomic mass is 16.6. The number of aliphatic hydroxyl groups excluding tert-OH is 1. The molecule has 0 fully saturated rings. The second-order valence-corrected chi connectivity index (χ2v) is 10.4. The summed E-state index contributed by atoms with van der Waals surface area (Å²) in [5.41, 5.74) is 4.15. The number of hydrogen-bond donors (Lipinski definition) is 6. The average molecular weight is 532 g/mol. The van der Waals surface area contributed by atoms with Gasteiger partial charge in [-0.25, -0.2) is 15.6 Å². The number of carbonyl (C=O) groups excluding carboxylic acids is 2. The number of aryl methyl sites for hydroxylation is 1. The van der Waals surface area contributed by atoms with Crippen molar-refractivity contribution in [3.8, 4) is 0 Å². The van der Waals surface area contributed by atoms with Gasteiger partial charge in [-0.2, -0.15) is 0 Å². The molecular formula is C28H41N3O7. The molecule has 0 saturated heterocycles. The summed E-state index contributed by atoms with van der Waals surface area (Å²) < 4.78 is 5.27. The van der Waals surface area contributed by atoms with Crippen molar-refractivity contribution in [3.05, 3.63) is 71.8 Å². The van der Waals surface area contributed by atoms with Gasteiger partial charge in [-0.15, -0.1) is 0 Å². The van der Waals surface area contributed by atoms with Crippen molar-refractivity contribution in [3.63, 3.8) is 0 Å². The topological polar surface area (TPSA) is 180 Å². The van der Waals surface area contributed by atoms with Gasteiger partial charge in [-0.05, 0) is 43.7 Å². The first-order valence-electron chi connectivity index (χ1n) is 12.6. The molecule has 0 saturated carbocycles. The van der Waals surface area contributed by atoms with E-state index in [9.17, 15) is 30.0 Å². The van der Waals surface area contributed by atoms with Crippen molar-refractivity contribution in [1.82, 2.24) is 5.01 Å². The number of hydrogen-bond acceptors (Lipinski definition) is 9. The number of ether oxygens (including phenoxy) is 1. The van der Waals surface area contributed by atoms with Gasteiger partial charge in [0.05, 0.1) is 13.2 Å². The number of benzene rings is 2. The van der Waals surface area contributed by atoms with Crippen molar-refractivity contribution < 1.29 is 34.8 Å². The fraction of sp³-hybridized carbons (Fsp3) is 0.500. The molecule has 0 aromatic heterocycles. The third kappa shape index (κ3) is 7.59. The number of unbranched alkanes of at least 4 members (excludes halogenated alkanes) is 1. The molecule has 0 bridgehead atoms. The van der Waals surface area contributed by atoms with Crippen LogP contribution in [-0.4, -0.2) is 74.0 Å². The molecule has 8 N–H and O–H groups in total. The number of ketones is 1. The fourth-order valence-corrected chi connectivity index (χ4v) is 3.92. The highest BCUT2D eigenvalue weighted by Gasteiger charge is 2.55. The SMILES string of the molecule is CC(C)(CO)C(C)(O)C(=O)C(N)C(O)(O)C(Cc1ccccc1)N(N)C(=O)OCCCCc1ccccc1.